The molecule has 0 aliphatic heterocycles. The van der Waals surface area contributed by atoms with E-state index in [1.807, 2.05) is 20.8 Å². The molecule has 41 heavy (non-hydrogen) atoms. The molecule has 1 atom stereocenters. The lowest BCUT2D eigenvalue weighted by molar-refractivity contribution is -0.141. The predicted octanol–water partition coefficient (Wildman–Crippen LogP) is 7.22. The summed E-state index contributed by atoms with van der Waals surface area (Å²) in [6.45, 7) is 6.47. The Morgan fingerprint density at radius 1 is 0.854 bits per heavy atom. The van der Waals surface area contributed by atoms with Crippen molar-refractivity contribution in [1.29, 1.82) is 0 Å². The van der Waals surface area contributed by atoms with Crippen molar-refractivity contribution >= 4 is 73.9 Å². The molecule has 0 bridgehead atoms. The summed E-state index contributed by atoms with van der Waals surface area (Å²) in [6, 6.07) is 16.0. The van der Waals surface area contributed by atoms with Crippen molar-refractivity contribution in [3.63, 3.8) is 0 Å². The molecule has 220 valence electrons. The number of hydrogen-bond donors (Lipinski definition) is 1. The van der Waals surface area contributed by atoms with Gasteiger partial charge in [0.25, 0.3) is 10.0 Å². The number of nitrogens with one attached hydrogen (secondary N) is 1. The second-order valence-corrected chi connectivity index (χ2v) is 13.8. The maximum Gasteiger partial charge on any atom is 0.264 e. The van der Waals surface area contributed by atoms with Crippen molar-refractivity contribution in [2.45, 2.75) is 57.1 Å². The van der Waals surface area contributed by atoms with Gasteiger partial charge in [-0.05, 0) is 69.7 Å². The number of halogens is 4. The van der Waals surface area contributed by atoms with Crippen LogP contribution in [0.25, 0.3) is 0 Å². The lowest BCUT2D eigenvalue weighted by atomic mass is 10.1. The van der Waals surface area contributed by atoms with Crippen molar-refractivity contribution in [1.82, 2.24) is 10.2 Å². The number of sulfonamides is 1. The van der Waals surface area contributed by atoms with Crippen LogP contribution in [0.5, 0.6) is 0 Å². The highest BCUT2D eigenvalue weighted by atomic mass is 35.5. The fourth-order valence-corrected chi connectivity index (χ4v) is 6.35. The fourth-order valence-electron chi connectivity index (χ4n) is 4.11. The SMILES string of the molecule is CC[C@H](C(=O)NC(C)(C)C)N(Cc1c(Cl)cccc1Cl)C(=O)CN(c1ccc(Cl)c(Cl)c1)S(=O)(=O)c1ccccc1. The molecule has 12 heteroatoms. The quantitative estimate of drug-likeness (QED) is 0.249. The van der Waals surface area contributed by atoms with E-state index in [0.717, 1.165) is 4.31 Å². The number of carbonyl (C=O) groups excluding carboxylic acids is 2. The summed E-state index contributed by atoms with van der Waals surface area (Å²) in [6.07, 6.45) is 0.244. The molecule has 0 fully saturated rings. The van der Waals surface area contributed by atoms with E-state index in [9.17, 15) is 18.0 Å². The van der Waals surface area contributed by atoms with E-state index < -0.39 is 40.0 Å². The largest absolute Gasteiger partial charge is 0.350 e. The van der Waals surface area contributed by atoms with Gasteiger partial charge in [-0.15, -0.1) is 0 Å². The van der Waals surface area contributed by atoms with Crippen LogP contribution in [-0.4, -0.2) is 43.3 Å². The highest BCUT2D eigenvalue weighted by Crippen LogP contribution is 2.32. The molecular weight excluding hydrogens is 628 g/mol. The summed E-state index contributed by atoms with van der Waals surface area (Å²) in [7, 11) is -4.25. The molecule has 0 saturated carbocycles. The highest BCUT2D eigenvalue weighted by Gasteiger charge is 2.35. The van der Waals surface area contributed by atoms with Gasteiger partial charge in [0.05, 0.1) is 20.6 Å². The zero-order valence-corrected chi connectivity index (χ0v) is 26.8. The fraction of sp³-hybridized carbons (Fsp3) is 0.310. The van der Waals surface area contributed by atoms with E-state index in [1.54, 1.807) is 43.3 Å². The number of carbonyl (C=O) groups is 2. The summed E-state index contributed by atoms with van der Waals surface area (Å²) in [5.74, 6) is -1.05. The van der Waals surface area contributed by atoms with Gasteiger partial charge in [-0.2, -0.15) is 0 Å². The molecule has 2 amide bonds. The van der Waals surface area contributed by atoms with Crippen LogP contribution in [0.2, 0.25) is 20.1 Å². The summed E-state index contributed by atoms with van der Waals surface area (Å²) in [5, 5.41) is 3.86. The van der Waals surface area contributed by atoms with Gasteiger partial charge in [0.2, 0.25) is 11.8 Å². The minimum absolute atomic E-state index is 0.0305. The molecule has 3 rings (SSSR count). The van der Waals surface area contributed by atoms with Gasteiger partial charge in [-0.3, -0.25) is 13.9 Å². The molecule has 0 aliphatic carbocycles. The van der Waals surface area contributed by atoms with Gasteiger partial charge in [0.1, 0.15) is 12.6 Å². The maximum atomic E-state index is 14.1. The smallest absolute Gasteiger partial charge is 0.264 e. The second kappa shape index (κ2) is 13.7. The van der Waals surface area contributed by atoms with Crippen LogP contribution in [0, 0.1) is 0 Å². The molecule has 0 heterocycles. The third kappa shape index (κ3) is 8.30. The zero-order valence-electron chi connectivity index (χ0n) is 23.0. The standard InChI is InChI=1S/C29H31Cl4N3O4S/c1-5-26(28(38)34-29(2,3)4)35(17-21-22(30)12-9-13-23(21)31)27(37)18-36(19-14-15-24(32)25(33)16-19)41(39,40)20-10-7-6-8-11-20/h6-16,26H,5,17-18H2,1-4H3,(H,34,38)/t26-/m1/s1. The van der Waals surface area contributed by atoms with Crippen LogP contribution in [-0.2, 0) is 26.2 Å². The molecule has 7 nitrogen and oxygen atoms in total. The number of nitrogens with zero attached hydrogens (tertiary/aromatic N) is 2. The van der Waals surface area contributed by atoms with Gasteiger partial charge >= 0.3 is 0 Å². The molecule has 0 aromatic heterocycles. The summed E-state index contributed by atoms with van der Waals surface area (Å²) >= 11 is 25.2. The van der Waals surface area contributed by atoms with E-state index >= 15 is 0 Å². The van der Waals surface area contributed by atoms with Crippen LogP contribution in [0.4, 0.5) is 5.69 Å². The molecule has 0 radical (unpaired) electrons. The number of benzene rings is 3. The first-order valence-corrected chi connectivity index (χ1v) is 15.7. The Balaban J connectivity index is 2.13. The predicted molar refractivity (Wildman–Crippen MR) is 166 cm³/mol. The van der Waals surface area contributed by atoms with Crippen LogP contribution >= 0.6 is 46.4 Å². The van der Waals surface area contributed by atoms with E-state index in [-0.39, 0.29) is 33.6 Å². The van der Waals surface area contributed by atoms with Crippen molar-refractivity contribution in [2.75, 3.05) is 10.8 Å². The van der Waals surface area contributed by atoms with Crippen LogP contribution < -0.4 is 9.62 Å². The molecule has 0 unspecified atom stereocenters. The van der Waals surface area contributed by atoms with Crippen LogP contribution in [0.15, 0.2) is 71.6 Å². The zero-order chi connectivity index (χ0) is 30.5. The molecule has 3 aromatic carbocycles. The number of anilines is 1. The van der Waals surface area contributed by atoms with Crippen molar-refractivity contribution in [3.05, 3.63) is 92.4 Å². The first kappa shape index (κ1) is 33.0. The summed E-state index contributed by atoms with van der Waals surface area (Å²) in [4.78, 5) is 28.8. The normalized spacial score (nSPS) is 12.5. The minimum atomic E-state index is -4.25. The molecule has 1 N–H and O–H groups in total. The monoisotopic (exact) mass is 657 g/mol. The van der Waals surface area contributed by atoms with Gasteiger partial charge in [-0.1, -0.05) is 77.6 Å². The Morgan fingerprint density at radius 3 is 2.00 bits per heavy atom. The Bertz CT molecular complexity index is 1490. The van der Waals surface area contributed by atoms with Gasteiger partial charge in [0, 0.05) is 27.7 Å². The third-order valence-corrected chi connectivity index (χ3v) is 9.31. The lowest BCUT2D eigenvalue weighted by Gasteiger charge is -2.35. The molecule has 0 aliphatic rings. The van der Waals surface area contributed by atoms with Gasteiger partial charge in [-0.25, -0.2) is 8.42 Å². The Morgan fingerprint density at radius 2 is 1.46 bits per heavy atom. The van der Waals surface area contributed by atoms with E-state index in [4.69, 9.17) is 46.4 Å². The number of rotatable bonds is 10. The average molecular weight is 659 g/mol. The van der Waals surface area contributed by atoms with E-state index in [2.05, 4.69) is 5.32 Å². The van der Waals surface area contributed by atoms with Crippen molar-refractivity contribution < 1.29 is 18.0 Å². The number of amides is 2. The Kier molecular flexibility index (Phi) is 11.0. The van der Waals surface area contributed by atoms with Crippen molar-refractivity contribution in [2.24, 2.45) is 0 Å². The topological polar surface area (TPSA) is 86.8 Å². The first-order chi connectivity index (χ1) is 19.2. The average Bonchev–Trinajstić information content (AvgIpc) is 2.89. The lowest BCUT2D eigenvalue weighted by Crippen LogP contribution is -2.55. The number of hydrogen-bond acceptors (Lipinski definition) is 4. The second-order valence-electron chi connectivity index (χ2n) is 10.3. The summed E-state index contributed by atoms with van der Waals surface area (Å²) < 4.78 is 28.7. The van der Waals surface area contributed by atoms with Crippen molar-refractivity contribution in [3.8, 4) is 0 Å². The summed E-state index contributed by atoms with van der Waals surface area (Å²) in [5.41, 5.74) is -0.0259. The maximum absolute atomic E-state index is 14.1. The van der Waals surface area contributed by atoms with Crippen LogP contribution in [0.3, 0.4) is 0 Å². The van der Waals surface area contributed by atoms with Crippen LogP contribution in [0.1, 0.15) is 39.7 Å². The molecule has 0 spiro atoms. The van der Waals surface area contributed by atoms with Gasteiger partial charge in [0.15, 0.2) is 0 Å². The third-order valence-electron chi connectivity index (χ3n) is 6.08. The molecule has 3 aromatic rings. The minimum Gasteiger partial charge on any atom is -0.350 e. The molecule has 0 saturated heterocycles. The van der Waals surface area contributed by atoms with Gasteiger partial charge < -0.3 is 10.2 Å². The van der Waals surface area contributed by atoms with E-state index in [0.29, 0.717) is 15.6 Å². The highest BCUT2D eigenvalue weighted by molar-refractivity contribution is 7.92. The Labute approximate surface area is 261 Å². The Hall–Kier alpha value is -2.49. The molecular formula is C29H31Cl4N3O4S. The first-order valence-electron chi connectivity index (χ1n) is 12.7. The van der Waals surface area contributed by atoms with E-state index in [1.165, 1.54) is 35.2 Å².